The average molecular weight is 408 g/mol. The van der Waals surface area contributed by atoms with Crippen LogP contribution in [0.2, 0.25) is 0 Å². The average Bonchev–Trinajstić information content (AvgIpc) is 2.49. The topological polar surface area (TPSA) is 109 Å². The number of hydrogen-bond acceptors (Lipinski definition) is 1. The summed E-state index contributed by atoms with van der Waals surface area (Å²) in [6, 6.07) is 0. The molecular weight excluding hydrogens is 400 g/mol. The quantitative estimate of drug-likeness (QED) is 0.487. The number of rotatable bonds is 2. The summed E-state index contributed by atoms with van der Waals surface area (Å²) < 4.78 is 43.4. The number of allylic oxidation sites excluding steroid dienone is 1. The van der Waals surface area contributed by atoms with E-state index in [4.69, 9.17) is 28.0 Å². The van der Waals surface area contributed by atoms with E-state index in [0.29, 0.717) is 0 Å². The van der Waals surface area contributed by atoms with E-state index < -0.39 is 0 Å². The Hall–Kier alpha value is -1.04. The molecule has 0 amide bonds. The Labute approximate surface area is 111 Å². The van der Waals surface area contributed by atoms with Gasteiger partial charge in [-0.25, -0.2) is 0 Å². The first-order valence-electron chi connectivity index (χ1n) is 3.04. The molecule has 0 radical (unpaired) electrons. The molecular formula is C10H8O6W. The molecule has 0 aromatic heterocycles. The van der Waals surface area contributed by atoms with Gasteiger partial charge in [0.2, 0.25) is 0 Å². The second-order valence-corrected chi connectivity index (χ2v) is 2.47. The van der Waals surface area contributed by atoms with Crippen LogP contribution in [0.3, 0.4) is 0 Å². The molecule has 0 aliphatic carbocycles. The molecule has 0 fully saturated rings. The Bertz CT molecular complexity index is 211. The van der Waals surface area contributed by atoms with Crippen molar-refractivity contribution in [3.8, 4) is 0 Å². The summed E-state index contributed by atoms with van der Waals surface area (Å²) in [5, 5.41) is 0. The first kappa shape index (κ1) is 36.0. The van der Waals surface area contributed by atoms with E-state index in [1.54, 1.807) is 7.11 Å². The number of hydrogen-bond donors (Lipinski definition) is 0. The molecule has 0 rings (SSSR count). The molecule has 0 aliphatic heterocycles. The molecule has 0 unspecified atom stereocenters. The van der Waals surface area contributed by atoms with Gasteiger partial charge < -0.3 is 0 Å². The van der Waals surface area contributed by atoms with Crippen molar-refractivity contribution in [3.63, 3.8) is 0 Å². The zero-order chi connectivity index (χ0) is 15.7. The van der Waals surface area contributed by atoms with Crippen LogP contribution in [0.25, 0.3) is 0 Å². The molecule has 7 heteroatoms. The van der Waals surface area contributed by atoms with Crippen LogP contribution in [0.4, 0.5) is 0 Å². The summed E-state index contributed by atoms with van der Waals surface area (Å²) in [7, 11) is 1.68. The van der Waals surface area contributed by atoms with Gasteiger partial charge in [-0.05, 0) is 0 Å². The van der Waals surface area contributed by atoms with Crippen LogP contribution in [-0.4, -0.2) is 11.2 Å². The number of ether oxygens (including phenoxy) is 1. The van der Waals surface area contributed by atoms with Gasteiger partial charge in [0.05, 0.1) is 0 Å². The fourth-order valence-corrected chi connectivity index (χ4v) is 0.693. The minimum atomic E-state index is 1.03. The van der Waals surface area contributed by atoms with Gasteiger partial charge >= 0.3 is 111 Å². The molecule has 0 aromatic rings. The fraction of sp³-hybridized carbons (Fsp3) is 0.200. The summed E-state index contributed by atoms with van der Waals surface area (Å²) >= 11 is 1.37. The molecule has 0 aliphatic rings. The van der Waals surface area contributed by atoms with E-state index in [0.717, 1.165) is 4.08 Å². The Balaban J connectivity index is -0.0000000257. The van der Waals surface area contributed by atoms with Gasteiger partial charge in [-0.15, -0.1) is 0 Å². The van der Waals surface area contributed by atoms with Crippen molar-refractivity contribution < 1.29 is 47.4 Å². The molecule has 0 atom stereocenters. The van der Waals surface area contributed by atoms with E-state index in [2.05, 4.69) is 33.3 Å². The predicted octanol–water partition coefficient (Wildman–Crippen LogP) is 0.698. The van der Waals surface area contributed by atoms with Crippen molar-refractivity contribution in [3.05, 3.63) is 45.4 Å². The standard InChI is InChI=1S/C5H8O.5CO.W/c1-3-4-5-6-2;5*1-2;/h3-4H,1-2H3;;;;;;/b4-3+;;;;;;. The first-order chi connectivity index (χ1) is 8.31. The molecule has 17 heavy (non-hydrogen) atoms. The summed E-state index contributed by atoms with van der Waals surface area (Å²) in [6.45, 7) is 24.5. The third kappa shape index (κ3) is 160. The number of methoxy groups -OCH3 is 1. The molecule has 90 valence electrons. The molecule has 0 saturated carbocycles. The predicted molar refractivity (Wildman–Crippen MR) is 46.5 cm³/mol. The molecule has 0 N–H and O–H groups in total. The summed E-state index contributed by atoms with van der Waals surface area (Å²) in [4.78, 5) is 0. The zero-order valence-electron chi connectivity index (χ0n) is 9.01. The molecule has 0 heterocycles. The van der Waals surface area contributed by atoms with Gasteiger partial charge in [0.15, 0.2) is 0 Å². The van der Waals surface area contributed by atoms with Crippen molar-refractivity contribution in [1.82, 2.24) is 0 Å². The monoisotopic (exact) mass is 408 g/mol. The maximum atomic E-state index is 7.50. The van der Waals surface area contributed by atoms with E-state index in [1.807, 2.05) is 19.1 Å². The van der Waals surface area contributed by atoms with Crippen molar-refractivity contribution in [1.29, 1.82) is 0 Å². The van der Waals surface area contributed by atoms with Crippen molar-refractivity contribution in [2.24, 2.45) is 0 Å². The normalized spacial score (nSPS) is 4.71. The summed E-state index contributed by atoms with van der Waals surface area (Å²) in [5.41, 5.74) is 0. The zero-order valence-corrected chi connectivity index (χ0v) is 11.9. The Morgan fingerprint density at radius 2 is 1.12 bits per heavy atom. The van der Waals surface area contributed by atoms with Crippen LogP contribution in [0.5, 0.6) is 0 Å². The van der Waals surface area contributed by atoms with E-state index in [-0.39, 0.29) is 0 Å². The van der Waals surface area contributed by atoms with Gasteiger partial charge in [-0.2, -0.15) is 0 Å². The van der Waals surface area contributed by atoms with Crippen molar-refractivity contribution in [2.45, 2.75) is 6.92 Å². The van der Waals surface area contributed by atoms with Gasteiger partial charge in [0.25, 0.3) is 0 Å². The van der Waals surface area contributed by atoms with Crippen LogP contribution >= 0.6 is 0 Å². The molecule has 0 spiro atoms. The maximum absolute atomic E-state index is 7.50. The first-order valence-corrected chi connectivity index (χ1v) is 4.50. The van der Waals surface area contributed by atoms with Crippen molar-refractivity contribution >= 4 is 4.08 Å². The SMILES string of the molecule is C/C=C/[C](=[W])OC.[C-]#[O+].[C-]#[O+].[C-]#[O+].[C-]#[O+].[C-]#[O+]. The second kappa shape index (κ2) is 119. The second-order valence-electron chi connectivity index (χ2n) is 1.02. The van der Waals surface area contributed by atoms with Gasteiger partial charge in [0, 0.05) is 0 Å². The van der Waals surface area contributed by atoms with E-state index in [9.17, 15) is 0 Å². The Morgan fingerprint density at radius 3 is 1.18 bits per heavy atom. The Morgan fingerprint density at radius 1 is 0.882 bits per heavy atom. The van der Waals surface area contributed by atoms with Crippen LogP contribution in [0.1, 0.15) is 6.92 Å². The third-order valence-corrected chi connectivity index (χ3v) is 1.59. The van der Waals surface area contributed by atoms with Crippen molar-refractivity contribution in [2.75, 3.05) is 7.11 Å². The summed E-state index contributed by atoms with van der Waals surface area (Å²) in [5.74, 6) is 0. The Kier molecular flexibility index (Phi) is 251. The van der Waals surface area contributed by atoms with E-state index in [1.165, 1.54) is 19.4 Å². The molecule has 0 aromatic carbocycles. The minimum absolute atomic E-state index is 1.03. The van der Waals surface area contributed by atoms with E-state index >= 15 is 0 Å². The molecule has 0 saturated heterocycles. The van der Waals surface area contributed by atoms with Gasteiger partial charge in [0.1, 0.15) is 0 Å². The molecule has 0 bridgehead atoms. The molecule has 6 nitrogen and oxygen atoms in total. The third-order valence-electron chi connectivity index (χ3n) is 0.504. The van der Waals surface area contributed by atoms with Crippen LogP contribution < -0.4 is 0 Å². The van der Waals surface area contributed by atoms with Gasteiger partial charge in [-0.1, -0.05) is 0 Å². The van der Waals surface area contributed by atoms with Gasteiger partial charge in [-0.3, -0.25) is 0 Å². The van der Waals surface area contributed by atoms with Crippen LogP contribution in [0.15, 0.2) is 12.2 Å². The summed E-state index contributed by atoms with van der Waals surface area (Å²) in [6.07, 6.45) is 3.92. The van der Waals surface area contributed by atoms with Crippen LogP contribution in [0, 0.1) is 33.3 Å². The van der Waals surface area contributed by atoms with Crippen LogP contribution in [-0.2, 0) is 47.4 Å². The fourth-order valence-electron chi connectivity index (χ4n) is 0.204.